The van der Waals surface area contributed by atoms with Crippen molar-refractivity contribution in [2.24, 2.45) is 5.73 Å². The standard InChI is InChI=1S/C7H9NO3S.H2O/c8-5(7(10)11)6(9)4-2-1-3-12-4;/h1-3,5-6,9H,8H2,(H,10,11);1H2. The van der Waals surface area contributed by atoms with Gasteiger partial charge in [-0.1, -0.05) is 6.07 Å². The fraction of sp³-hybridized carbons (Fsp3) is 0.286. The van der Waals surface area contributed by atoms with Crippen LogP contribution in [0.4, 0.5) is 0 Å². The molecule has 0 aliphatic rings. The largest absolute Gasteiger partial charge is 0.480 e. The Hall–Kier alpha value is -0.950. The van der Waals surface area contributed by atoms with Gasteiger partial charge in [0.2, 0.25) is 0 Å². The van der Waals surface area contributed by atoms with Crippen molar-refractivity contribution in [3.8, 4) is 0 Å². The van der Waals surface area contributed by atoms with Crippen LogP contribution < -0.4 is 5.73 Å². The monoisotopic (exact) mass is 205 g/mol. The summed E-state index contributed by atoms with van der Waals surface area (Å²) in [6, 6.07) is 2.14. The van der Waals surface area contributed by atoms with Crippen molar-refractivity contribution in [1.82, 2.24) is 0 Å². The summed E-state index contributed by atoms with van der Waals surface area (Å²) in [4.78, 5) is 10.9. The number of aliphatic hydroxyl groups is 1. The first kappa shape index (κ1) is 12.0. The number of aliphatic carboxylic acids is 1. The van der Waals surface area contributed by atoms with E-state index in [2.05, 4.69) is 0 Å². The van der Waals surface area contributed by atoms with E-state index in [9.17, 15) is 9.90 Å². The lowest BCUT2D eigenvalue weighted by Gasteiger charge is -2.12. The molecule has 2 atom stereocenters. The zero-order valence-corrected chi connectivity index (χ0v) is 7.49. The molecule has 6 heteroatoms. The van der Waals surface area contributed by atoms with Gasteiger partial charge in [0.25, 0.3) is 0 Å². The summed E-state index contributed by atoms with van der Waals surface area (Å²) >= 11 is 1.28. The Morgan fingerprint density at radius 2 is 2.23 bits per heavy atom. The molecular weight excluding hydrogens is 194 g/mol. The summed E-state index contributed by atoms with van der Waals surface area (Å²) in [7, 11) is 0. The fourth-order valence-corrected chi connectivity index (χ4v) is 1.53. The molecule has 5 nitrogen and oxygen atoms in total. The maximum Gasteiger partial charge on any atom is 0.323 e. The summed E-state index contributed by atoms with van der Waals surface area (Å²) in [5.41, 5.74) is 5.21. The molecule has 0 bridgehead atoms. The number of nitrogens with two attached hydrogens (primary N) is 1. The molecule has 74 valence electrons. The molecular formula is C7H11NO4S. The molecule has 0 saturated carbocycles. The van der Waals surface area contributed by atoms with Crippen LogP contribution in [0.1, 0.15) is 11.0 Å². The smallest absolute Gasteiger partial charge is 0.323 e. The summed E-state index contributed by atoms with van der Waals surface area (Å²) in [5.74, 6) is -1.20. The zero-order valence-electron chi connectivity index (χ0n) is 6.68. The first-order valence-electron chi connectivity index (χ1n) is 3.33. The molecule has 1 rings (SSSR count). The van der Waals surface area contributed by atoms with Gasteiger partial charge in [0, 0.05) is 4.88 Å². The van der Waals surface area contributed by atoms with Gasteiger partial charge >= 0.3 is 5.97 Å². The van der Waals surface area contributed by atoms with E-state index in [0.29, 0.717) is 4.88 Å². The summed E-state index contributed by atoms with van der Waals surface area (Å²) in [6.45, 7) is 0. The molecule has 0 spiro atoms. The summed E-state index contributed by atoms with van der Waals surface area (Å²) in [5, 5.41) is 19.6. The SMILES string of the molecule is NC(C(=O)O)C(O)c1cccs1.O. The molecule has 0 aromatic carbocycles. The van der Waals surface area contributed by atoms with Crippen LogP contribution in [0.3, 0.4) is 0 Å². The van der Waals surface area contributed by atoms with E-state index < -0.39 is 18.1 Å². The molecule has 2 unspecified atom stereocenters. The molecule has 0 amide bonds. The van der Waals surface area contributed by atoms with Crippen molar-refractivity contribution >= 4 is 17.3 Å². The van der Waals surface area contributed by atoms with Crippen LogP contribution in [0.15, 0.2) is 17.5 Å². The van der Waals surface area contributed by atoms with E-state index in [1.54, 1.807) is 17.5 Å². The van der Waals surface area contributed by atoms with Gasteiger partial charge in [-0.25, -0.2) is 0 Å². The lowest BCUT2D eigenvalue weighted by atomic mass is 10.1. The molecule has 0 fully saturated rings. The number of carboxylic acids is 1. The normalized spacial score (nSPS) is 14.3. The number of hydrogen-bond donors (Lipinski definition) is 3. The first-order chi connectivity index (χ1) is 5.63. The topological polar surface area (TPSA) is 115 Å². The molecule has 1 aromatic rings. The second-order valence-electron chi connectivity index (χ2n) is 2.32. The van der Waals surface area contributed by atoms with Crippen LogP contribution in [0.2, 0.25) is 0 Å². The Morgan fingerprint density at radius 3 is 2.62 bits per heavy atom. The fourth-order valence-electron chi connectivity index (χ4n) is 0.772. The predicted molar refractivity (Wildman–Crippen MR) is 48.5 cm³/mol. The van der Waals surface area contributed by atoms with Crippen LogP contribution in [-0.4, -0.2) is 27.7 Å². The van der Waals surface area contributed by atoms with E-state index in [-0.39, 0.29) is 5.48 Å². The number of thiophene rings is 1. The van der Waals surface area contributed by atoms with E-state index in [1.165, 1.54) is 11.3 Å². The van der Waals surface area contributed by atoms with Gasteiger partial charge in [-0.05, 0) is 11.4 Å². The molecule has 1 aromatic heterocycles. The minimum Gasteiger partial charge on any atom is -0.480 e. The highest BCUT2D eigenvalue weighted by Crippen LogP contribution is 2.20. The van der Waals surface area contributed by atoms with Crippen LogP contribution in [-0.2, 0) is 4.79 Å². The molecule has 0 saturated heterocycles. The van der Waals surface area contributed by atoms with E-state index in [1.807, 2.05) is 0 Å². The Morgan fingerprint density at radius 1 is 1.62 bits per heavy atom. The van der Waals surface area contributed by atoms with E-state index >= 15 is 0 Å². The predicted octanol–water partition coefficient (Wildman–Crippen LogP) is -0.631. The van der Waals surface area contributed by atoms with Gasteiger partial charge in [-0.15, -0.1) is 11.3 Å². The highest BCUT2D eigenvalue weighted by atomic mass is 32.1. The number of carboxylic acid groups (broad SMARTS) is 1. The molecule has 6 N–H and O–H groups in total. The van der Waals surface area contributed by atoms with Gasteiger partial charge in [-0.2, -0.15) is 0 Å². The number of aliphatic hydroxyl groups excluding tert-OH is 1. The van der Waals surface area contributed by atoms with Gasteiger partial charge in [0.15, 0.2) is 0 Å². The molecule has 1 heterocycles. The van der Waals surface area contributed by atoms with Crippen molar-refractivity contribution in [2.45, 2.75) is 12.1 Å². The summed E-state index contributed by atoms with van der Waals surface area (Å²) < 4.78 is 0. The first-order valence-corrected chi connectivity index (χ1v) is 4.20. The van der Waals surface area contributed by atoms with Crippen molar-refractivity contribution in [3.05, 3.63) is 22.4 Å². The van der Waals surface area contributed by atoms with Gasteiger partial charge < -0.3 is 21.4 Å². The third-order valence-electron chi connectivity index (χ3n) is 1.46. The Balaban J connectivity index is 0.00000144. The lowest BCUT2D eigenvalue weighted by molar-refractivity contribution is -0.141. The van der Waals surface area contributed by atoms with Gasteiger partial charge in [0.05, 0.1) is 0 Å². The Labute approximate surface area is 78.7 Å². The number of carbonyl (C=O) groups is 1. The third kappa shape index (κ3) is 2.78. The van der Waals surface area contributed by atoms with E-state index in [4.69, 9.17) is 10.8 Å². The van der Waals surface area contributed by atoms with E-state index in [0.717, 1.165) is 0 Å². The minimum atomic E-state index is -1.25. The van der Waals surface area contributed by atoms with Crippen molar-refractivity contribution < 1.29 is 20.5 Å². The third-order valence-corrected chi connectivity index (χ3v) is 2.40. The van der Waals surface area contributed by atoms with Crippen LogP contribution >= 0.6 is 11.3 Å². The van der Waals surface area contributed by atoms with Crippen LogP contribution in [0.5, 0.6) is 0 Å². The maximum absolute atomic E-state index is 10.4. The number of rotatable bonds is 3. The lowest BCUT2D eigenvalue weighted by Crippen LogP contribution is -2.36. The van der Waals surface area contributed by atoms with Crippen LogP contribution in [0.25, 0.3) is 0 Å². The van der Waals surface area contributed by atoms with Crippen molar-refractivity contribution in [3.63, 3.8) is 0 Å². The maximum atomic E-state index is 10.4. The van der Waals surface area contributed by atoms with Crippen LogP contribution in [0, 0.1) is 0 Å². The van der Waals surface area contributed by atoms with Crippen molar-refractivity contribution in [1.29, 1.82) is 0 Å². The average Bonchev–Trinajstić information content (AvgIpc) is 2.53. The van der Waals surface area contributed by atoms with Gasteiger partial charge in [-0.3, -0.25) is 4.79 Å². The van der Waals surface area contributed by atoms with Gasteiger partial charge in [0.1, 0.15) is 12.1 Å². The molecule has 0 radical (unpaired) electrons. The van der Waals surface area contributed by atoms with Crippen molar-refractivity contribution in [2.75, 3.05) is 0 Å². The number of hydrogen-bond acceptors (Lipinski definition) is 4. The average molecular weight is 205 g/mol. The molecule has 0 aliphatic carbocycles. The zero-order chi connectivity index (χ0) is 9.14. The highest BCUT2D eigenvalue weighted by molar-refractivity contribution is 7.10. The Kier molecular flexibility index (Phi) is 4.57. The second kappa shape index (κ2) is 4.93. The Bertz CT molecular complexity index is 261. The molecule has 0 aliphatic heterocycles. The second-order valence-corrected chi connectivity index (χ2v) is 3.30. The molecule has 13 heavy (non-hydrogen) atoms. The highest BCUT2D eigenvalue weighted by Gasteiger charge is 2.23. The summed E-state index contributed by atoms with van der Waals surface area (Å²) in [6.07, 6.45) is -1.11. The minimum absolute atomic E-state index is 0. The quantitative estimate of drug-likeness (QED) is 0.609.